The molecular formula is C10H20N2O3S. The van der Waals surface area contributed by atoms with Gasteiger partial charge in [0.05, 0.1) is 6.26 Å². The lowest BCUT2D eigenvalue weighted by atomic mass is 10.1. The van der Waals surface area contributed by atoms with Crippen LogP contribution < -0.4 is 5.32 Å². The molecule has 1 N–H and O–H groups in total. The molecule has 1 saturated heterocycles. The molecule has 1 aliphatic rings. The maximum atomic E-state index is 11.5. The Morgan fingerprint density at radius 1 is 1.50 bits per heavy atom. The highest BCUT2D eigenvalue weighted by molar-refractivity contribution is 7.88. The van der Waals surface area contributed by atoms with E-state index in [1.807, 2.05) is 13.8 Å². The number of hydrogen-bond donors (Lipinski definition) is 1. The molecule has 0 saturated carbocycles. The fourth-order valence-electron chi connectivity index (χ4n) is 1.80. The molecule has 94 valence electrons. The van der Waals surface area contributed by atoms with Crippen molar-refractivity contribution in [3.05, 3.63) is 0 Å². The van der Waals surface area contributed by atoms with Crippen molar-refractivity contribution in [3.8, 4) is 0 Å². The average Bonchev–Trinajstić information content (AvgIpc) is 2.49. The number of amides is 1. The van der Waals surface area contributed by atoms with Crippen LogP contribution >= 0.6 is 0 Å². The summed E-state index contributed by atoms with van der Waals surface area (Å²) < 4.78 is 23.9. The van der Waals surface area contributed by atoms with Gasteiger partial charge >= 0.3 is 0 Å². The van der Waals surface area contributed by atoms with E-state index in [4.69, 9.17) is 0 Å². The molecule has 1 fully saturated rings. The summed E-state index contributed by atoms with van der Waals surface area (Å²) in [6.45, 7) is 4.88. The third-order valence-electron chi connectivity index (χ3n) is 2.58. The number of nitrogens with one attached hydrogen (secondary N) is 1. The molecule has 0 bridgehead atoms. The summed E-state index contributed by atoms with van der Waals surface area (Å²) >= 11 is 0. The Hall–Kier alpha value is -0.620. The van der Waals surface area contributed by atoms with Crippen LogP contribution in [0, 0.1) is 5.92 Å². The maximum absolute atomic E-state index is 11.5. The SMILES string of the molecule is CC(C)CC(=O)NC1CCN(S(C)(=O)=O)C1. The molecule has 1 atom stereocenters. The molecule has 0 spiro atoms. The van der Waals surface area contributed by atoms with E-state index in [-0.39, 0.29) is 11.9 Å². The Labute approximate surface area is 97.2 Å². The summed E-state index contributed by atoms with van der Waals surface area (Å²) in [6.07, 6.45) is 2.40. The van der Waals surface area contributed by atoms with Gasteiger partial charge in [-0.15, -0.1) is 0 Å². The first kappa shape index (κ1) is 13.4. The number of carbonyl (C=O) groups is 1. The minimum absolute atomic E-state index is 0.00958. The molecule has 0 aromatic rings. The topological polar surface area (TPSA) is 66.5 Å². The molecule has 1 aliphatic heterocycles. The van der Waals surface area contributed by atoms with E-state index in [1.165, 1.54) is 10.6 Å². The maximum Gasteiger partial charge on any atom is 0.220 e. The van der Waals surface area contributed by atoms with Crippen molar-refractivity contribution >= 4 is 15.9 Å². The average molecular weight is 248 g/mol. The molecule has 0 aliphatic carbocycles. The van der Waals surface area contributed by atoms with Crippen LogP contribution in [0.3, 0.4) is 0 Å². The fourth-order valence-corrected chi connectivity index (χ4v) is 2.69. The molecule has 1 unspecified atom stereocenters. The normalized spacial score (nSPS) is 22.6. The first-order valence-electron chi connectivity index (χ1n) is 5.53. The highest BCUT2D eigenvalue weighted by Gasteiger charge is 2.29. The highest BCUT2D eigenvalue weighted by atomic mass is 32.2. The minimum Gasteiger partial charge on any atom is -0.352 e. The van der Waals surface area contributed by atoms with Gasteiger partial charge in [0, 0.05) is 25.6 Å². The van der Waals surface area contributed by atoms with Crippen LogP contribution in [-0.2, 0) is 14.8 Å². The van der Waals surface area contributed by atoms with E-state index in [2.05, 4.69) is 5.32 Å². The highest BCUT2D eigenvalue weighted by Crippen LogP contribution is 2.13. The molecule has 0 aromatic heterocycles. The molecule has 1 rings (SSSR count). The summed E-state index contributed by atoms with van der Waals surface area (Å²) in [5, 5.41) is 2.87. The molecule has 0 radical (unpaired) electrons. The van der Waals surface area contributed by atoms with Crippen molar-refractivity contribution < 1.29 is 13.2 Å². The van der Waals surface area contributed by atoms with Gasteiger partial charge < -0.3 is 5.32 Å². The molecule has 0 aromatic carbocycles. The van der Waals surface area contributed by atoms with E-state index >= 15 is 0 Å². The first-order chi connectivity index (χ1) is 7.29. The number of sulfonamides is 1. The van der Waals surface area contributed by atoms with Gasteiger partial charge in [0.1, 0.15) is 0 Å². The standard InChI is InChI=1S/C10H20N2O3S/c1-8(2)6-10(13)11-9-4-5-12(7-9)16(3,14)15/h8-9H,4-7H2,1-3H3,(H,11,13). The van der Waals surface area contributed by atoms with Gasteiger partial charge in [0.2, 0.25) is 15.9 Å². The van der Waals surface area contributed by atoms with Crippen molar-refractivity contribution in [3.63, 3.8) is 0 Å². The van der Waals surface area contributed by atoms with Gasteiger partial charge in [-0.25, -0.2) is 12.7 Å². The minimum atomic E-state index is -3.11. The van der Waals surface area contributed by atoms with Crippen molar-refractivity contribution in [1.82, 2.24) is 9.62 Å². The summed E-state index contributed by atoms with van der Waals surface area (Å²) in [6, 6.07) is -0.0269. The van der Waals surface area contributed by atoms with E-state index in [0.29, 0.717) is 31.8 Å². The molecule has 1 heterocycles. The van der Waals surface area contributed by atoms with E-state index in [1.54, 1.807) is 0 Å². The lowest BCUT2D eigenvalue weighted by Gasteiger charge is -2.15. The van der Waals surface area contributed by atoms with Crippen molar-refractivity contribution in [1.29, 1.82) is 0 Å². The Morgan fingerprint density at radius 3 is 2.56 bits per heavy atom. The van der Waals surface area contributed by atoms with Crippen LogP contribution in [0.2, 0.25) is 0 Å². The number of rotatable bonds is 4. The molecule has 1 amide bonds. The predicted molar refractivity (Wildman–Crippen MR) is 62.4 cm³/mol. The third-order valence-corrected chi connectivity index (χ3v) is 3.85. The van der Waals surface area contributed by atoms with Gasteiger partial charge in [-0.3, -0.25) is 4.79 Å². The van der Waals surface area contributed by atoms with Crippen LogP contribution in [0.5, 0.6) is 0 Å². The monoisotopic (exact) mass is 248 g/mol. The zero-order valence-corrected chi connectivity index (χ0v) is 10.9. The third kappa shape index (κ3) is 4.09. The van der Waals surface area contributed by atoms with Crippen LogP contribution in [0.1, 0.15) is 26.7 Å². The Balaban J connectivity index is 2.40. The molecular weight excluding hydrogens is 228 g/mol. The second-order valence-electron chi connectivity index (χ2n) is 4.77. The van der Waals surface area contributed by atoms with Gasteiger partial charge in [0.15, 0.2) is 0 Å². The lowest BCUT2D eigenvalue weighted by molar-refractivity contribution is -0.122. The second-order valence-corrected chi connectivity index (χ2v) is 6.75. The van der Waals surface area contributed by atoms with Crippen molar-refractivity contribution in [2.45, 2.75) is 32.7 Å². The zero-order valence-electron chi connectivity index (χ0n) is 10.1. The van der Waals surface area contributed by atoms with E-state index in [9.17, 15) is 13.2 Å². The van der Waals surface area contributed by atoms with Crippen LogP contribution in [-0.4, -0.2) is 44.0 Å². The second kappa shape index (κ2) is 5.14. The molecule has 6 heteroatoms. The largest absolute Gasteiger partial charge is 0.352 e. The lowest BCUT2D eigenvalue weighted by Crippen LogP contribution is -2.38. The quantitative estimate of drug-likeness (QED) is 0.772. The predicted octanol–water partition coefficient (Wildman–Crippen LogP) is 0.183. The summed E-state index contributed by atoms with van der Waals surface area (Å²) in [7, 11) is -3.11. The van der Waals surface area contributed by atoms with Gasteiger partial charge in [-0.1, -0.05) is 13.8 Å². The van der Waals surface area contributed by atoms with E-state index < -0.39 is 10.0 Å². The smallest absolute Gasteiger partial charge is 0.220 e. The summed E-state index contributed by atoms with van der Waals surface area (Å²) in [5.41, 5.74) is 0. The Bertz CT molecular complexity index is 351. The number of nitrogens with zero attached hydrogens (tertiary/aromatic N) is 1. The molecule has 16 heavy (non-hydrogen) atoms. The number of hydrogen-bond acceptors (Lipinski definition) is 3. The summed E-state index contributed by atoms with van der Waals surface area (Å²) in [5.74, 6) is 0.336. The van der Waals surface area contributed by atoms with Crippen molar-refractivity contribution in [2.75, 3.05) is 19.3 Å². The summed E-state index contributed by atoms with van der Waals surface area (Å²) in [4.78, 5) is 11.5. The van der Waals surface area contributed by atoms with Crippen LogP contribution in [0.25, 0.3) is 0 Å². The first-order valence-corrected chi connectivity index (χ1v) is 7.38. The van der Waals surface area contributed by atoms with Crippen molar-refractivity contribution in [2.24, 2.45) is 5.92 Å². The van der Waals surface area contributed by atoms with Gasteiger partial charge in [0.25, 0.3) is 0 Å². The van der Waals surface area contributed by atoms with Crippen LogP contribution in [0.15, 0.2) is 0 Å². The Morgan fingerprint density at radius 2 is 2.12 bits per heavy atom. The zero-order chi connectivity index (χ0) is 12.3. The van der Waals surface area contributed by atoms with Gasteiger partial charge in [-0.2, -0.15) is 0 Å². The van der Waals surface area contributed by atoms with E-state index in [0.717, 1.165) is 0 Å². The molecule has 5 nitrogen and oxygen atoms in total. The van der Waals surface area contributed by atoms with Gasteiger partial charge in [-0.05, 0) is 12.3 Å². The fraction of sp³-hybridized carbons (Fsp3) is 0.900. The number of carbonyl (C=O) groups excluding carboxylic acids is 1. The Kier molecular flexibility index (Phi) is 4.32. The van der Waals surface area contributed by atoms with Crippen LogP contribution in [0.4, 0.5) is 0 Å².